The van der Waals surface area contributed by atoms with Crippen LogP contribution in [0.5, 0.6) is 0 Å². The van der Waals surface area contributed by atoms with Gasteiger partial charge in [-0.1, -0.05) is 0 Å². The number of methoxy groups -OCH3 is 2. The Labute approximate surface area is 98.6 Å². The lowest BCUT2D eigenvalue weighted by Gasteiger charge is -2.37. The Morgan fingerprint density at radius 1 is 1.12 bits per heavy atom. The Bertz CT molecular complexity index is 193. The molecule has 0 saturated carbocycles. The van der Waals surface area contributed by atoms with Gasteiger partial charge in [0, 0.05) is 27.2 Å². The van der Waals surface area contributed by atoms with E-state index in [0.29, 0.717) is 19.3 Å². The van der Waals surface area contributed by atoms with E-state index in [1.807, 2.05) is 20.8 Å². The van der Waals surface area contributed by atoms with E-state index in [4.69, 9.17) is 14.6 Å². The molecule has 0 amide bonds. The molecule has 4 heteroatoms. The zero-order chi connectivity index (χ0) is 12.8. The molecule has 0 fully saturated rings. The highest BCUT2D eigenvalue weighted by Gasteiger charge is 2.36. The fourth-order valence-corrected chi connectivity index (χ4v) is 1.60. The number of rotatable bonds is 8. The largest absolute Gasteiger partial charge is 0.396 e. The van der Waals surface area contributed by atoms with E-state index in [2.05, 4.69) is 0 Å². The average molecular weight is 234 g/mol. The van der Waals surface area contributed by atoms with Crippen molar-refractivity contribution in [1.82, 2.24) is 0 Å². The maximum atomic E-state index is 10.2. The molecule has 0 bridgehead atoms. The van der Waals surface area contributed by atoms with Crippen molar-refractivity contribution in [1.29, 1.82) is 0 Å². The van der Waals surface area contributed by atoms with Crippen LogP contribution in [0.2, 0.25) is 0 Å². The highest BCUT2D eigenvalue weighted by atomic mass is 16.5. The third kappa shape index (κ3) is 4.78. The van der Waals surface area contributed by atoms with Crippen LogP contribution in [-0.2, 0) is 9.47 Å². The zero-order valence-corrected chi connectivity index (χ0v) is 11.1. The van der Waals surface area contributed by atoms with Gasteiger partial charge in [0.2, 0.25) is 0 Å². The fraction of sp³-hybridized carbons (Fsp3) is 1.00. The summed E-state index contributed by atoms with van der Waals surface area (Å²) in [5.41, 5.74) is -1.00. The van der Waals surface area contributed by atoms with Gasteiger partial charge in [-0.3, -0.25) is 0 Å². The van der Waals surface area contributed by atoms with Crippen LogP contribution in [0.15, 0.2) is 0 Å². The summed E-state index contributed by atoms with van der Waals surface area (Å²) in [5, 5.41) is 19.0. The van der Waals surface area contributed by atoms with Gasteiger partial charge >= 0.3 is 0 Å². The Hall–Kier alpha value is -0.160. The second-order valence-electron chi connectivity index (χ2n) is 5.03. The van der Waals surface area contributed by atoms with Gasteiger partial charge in [-0.05, 0) is 33.6 Å². The smallest absolute Gasteiger partial charge is 0.0910 e. The third-order valence-corrected chi connectivity index (χ3v) is 3.24. The van der Waals surface area contributed by atoms with Crippen molar-refractivity contribution < 1.29 is 19.7 Å². The number of aliphatic hydroxyl groups excluding tert-OH is 2. The molecule has 0 saturated heterocycles. The summed E-state index contributed by atoms with van der Waals surface area (Å²) >= 11 is 0. The minimum absolute atomic E-state index is 0.110. The van der Waals surface area contributed by atoms with Crippen LogP contribution in [0, 0.1) is 0 Å². The van der Waals surface area contributed by atoms with Crippen LogP contribution in [0.25, 0.3) is 0 Å². The fourth-order valence-electron chi connectivity index (χ4n) is 1.60. The van der Waals surface area contributed by atoms with Gasteiger partial charge in [-0.2, -0.15) is 0 Å². The van der Waals surface area contributed by atoms with E-state index in [9.17, 15) is 5.11 Å². The quantitative estimate of drug-likeness (QED) is 0.665. The SMILES string of the molecule is COC(C)(C)CC(O)C(C)(CCCO)OC. The second kappa shape index (κ2) is 6.55. The molecule has 16 heavy (non-hydrogen) atoms. The number of hydrogen-bond donors (Lipinski definition) is 2. The zero-order valence-electron chi connectivity index (χ0n) is 11.1. The van der Waals surface area contributed by atoms with Crippen molar-refractivity contribution in [2.24, 2.45) is 0 Å². The Morgan fingerprint density at radius 2 is 1.69 bits per heavy atom. The van der Waals surface area contributed by atoms with E-state index < -0.39 is 11.7 Å². The topological polar surface area (TPSA) is 58.9 Å². The van der Waals surface area contributed by atoms with Crippen LogP contribution in [0.4, 0.5) is 0 Å². The molecule has 2 unspecified atom stereocenters. The predicted octanol–water partition coefficient (Wildman–Crippen LogP) is 1.34. The third-order valence-electron chi connectivity index (χ3n) is 3.24. The van der Waals surface area contributed by atoms with E-state index in [1.165, 1.54) is 0 Å². The summed E-state index contributed by atoms with van der Waals surface area (Å²) in [6.45, 7) is 5.83. The van der Waals surface area contributed by atoms with Gasteiger partial charge < -0.3 is 19.7 Å². The molecular weight excluding hydrogens is 208 g/mol. The van der Waals surface area contributed by atoms with Crippen molar-refractivity contribution in [3.63, 3.8) is 0 Å². The molecule has 0 aliphatic rings. The minimum atomic E-state index is -0.626. The summed E-state index contributed by atoms with van der Waals surface area (Å²) in [5.74, 6) is 0. The minimum Gasteiger partial charge on any atom is -0.396 e. The maximum Gasteiger partial charge on any atom is 0.0910 e. The molecule has 0 rings (SSSR count). The first-order valence-electron chi connectivity index (χ1n) is 5.70. The van der Waals surface area contributed by atoms with Gasteiger partial charge in [0.05, 0.1) is 17.3 Å². The van der Waals surface area contributed by atoms with E-state index in [0.717, 1.165) is 0 Å². The molecule has 0 spiro atoms. The molecule has 2 N–H and O–H groups in total. The van der Waals surface area contributed by atoms with Crippen LogP contribution >= 0.6 is 0 Å². The van der Waals surface area contributed by atoms with Crippen molar-refractivity contribution >= 4 is 0 Å². The summed E-state index contributed by atoms with van der Waals surface area (Å²) in [7, 11) is 3.21. The molecular formula is C12H26O4. The molecule has 0 aromatic rings. The van der Waals surface area contributed by atoms with Crippen LogP contribution in [0.3, 0.4) is 0 Å². The lowest BCUT2D eigenvalue weighted by molar-refractivity contribution is -0.126. The lowest BCUT2D eigenvalue weighted by atomic mass is 9.86. The molecule has 2 atom stereocenters. The summed E-state index contributed by atoms with van der Waals surface area (Å²) in [6, 6.07) is 0. The summed E-state index contributed by atoms with van der Waals surface area (Å²) in [4.78, 5) is 0. The number of hydrogen-bond acceptors (Lipinski definition) is 4. The maximum absolute atomic E-state index is 10.2. The van der Waals surface area contributed by atoms with Crippen molar-refractivity contribution in [2.75, 3.05) is 20.8 Å². The molecule has 0 radical (unpaired) electrons. The molecule has 0 aromatic carbocycles. The van der Waals surface area contributed by atoms with Crippen LogP contribution < -0.4 is 0 Å². The van der Waals surface area contributed by atoms with Gasteiger partial charge in [0.1, 0.15) is 0 Å². The van der Waals surface area contributed by atoms with E-state index in [-0.39, 0.29) is 12.2 Å². The standard InChI is InChI=1S/C12H26O4/c1-11(2,15-4)9-10(14)12(3,16-5)7-6-8-13/h10,13-14H,6-9H2,1-5H3. The first-order valence-corrected chi connectivity index (χ1v) is 5.70. The highest BCUT2D eigenvalue weighted by molar-refractivity contribution is 4.88. The molecule has 98 valence electrons. The van der Waals surface area contributed by atoms with Gasteiger partial charge in [0.15, 0.2) is 0 Å². The number of aliphatic hydroxyl groups is 2. The Morgan fingerprint density at radius 3 is 2.06 bits per heavy atom. The predicted molar refractivity (Wildman–Crippen MR) is 63.4 cm³/mol. The van der Waals surface area contributed by atoms with Gasteiger partial charge in [0.25, 0.3) is 0 Å². The molecule has 4 nitrogen and oxygen atoms in total. The highest BCUT2D eigenvalue weighted by Crippen LogP contribution is 2.28. The second-order valence-corrected chi connectivity index (χ2v) is 5.03. The van der Waals surface area contributed by atoms with Crippen LogP contribution in [0.1, 0.15) is 40.0 Å². The van der Waals surface area contributed by atoms with E-state index >= 15 is 0 Å². The molecule has 0 aliphatic heterocycles. The van der Waals surface area contributed by atoms with Gasteiger partial charge in [-0.25, -0.2) is 0 Å². The average Bonchev–Trinajstić information content (AvgIpc) is 2.25. The molecule has 0 aliphatic carbocycles. The van der Waals surface area contributed by atoms with Crippen molar-refractivity contribution in [3.8, 4) is 0 Å². The molecule has 0 heterocycles. The normalized spacial score (nSPS) is 18.2. The van der Waals surface area contributed by atoms with Crippen LogP contribution in [-0.4, -0.2) is 48.3 Å². The lowest BCUT2D eigenvalue weighted by Crippen LogP contribution is -2.45. The van der Waals surface area contributed by atoms with E-state index in [1.54, 1.807) is 14.2 Å². The first kappa shape index (κ1) is 15.8. The molecule has 0 aromatic heterocycles. The summed E-state index contributed by atoms with van der Waals surface area (Å²) < 4.78 is 10.7. The van der Waals surface area contributed by atoms with Crippen molar-refractivity contribution in [3.05, 3.63) is 0 Å². The van der Waals surface area contributed by atoms with Crippen molar-refractivity contribution in [2.45, 2.75) is 57.3 Å². The Kier molecular flexibility index (Phi) is 6.48. The first-order chi connectivity index (χ1) is 7.31. The Balaban J connectivity index is 4.45. The summed E-state index contributed by atoms with van der Waals surface area (Å²) in [6.07, 6.45) is 1.13. The number of ether oxygens (including phenoxy) is 2. The van der Waals surface area contributed by atoms with Gasteiger partial charge in [-0.15, -0.1) is 0 Å². The monoisotopic (exact) mass is 234 g/mol.